The molecule has 146 valence electrons. The van der Waals surface area contributed by atoms with Gasteiger partial charge in [0.2, 0.25) is 0 Å². The molecule has 1 aliphatic heterocycles. The van der Waals surface area contributed by atoms with Crippen LogP contribution in [0.25, 0.3) is 0 Å². The first kappa shape index (κ1) is 19.7. The van der Waals surface area contributed by atoms with E-state index in [1.165, 1.54) is 0 Å². The van der Waals surface area contributed by atoms with Crippen molar-refractivity contribution in [3.8, 4) is 5.75 Å². The molecule has 1 atom stereocenters. The third-order valence-electron chi connectivity index (χ3n) is 4.37. The smallest absolute Gasteiger partial charge is 0.276 e. The highest BCUT2D eigenvalue weighted by Gasteiger charge is 2.18. The van der Waals surface area contributed by atoms with Crippen LogP contribution in [0.2, 0.25) is 5.02 Å². The fourth-order valence-electron chi connectivity index (χ4n) is 2.99. The van der Waals surface area contributed by atoms with E-state index in [0.29, 0.717) is 42.0 Å². The largest absolute Gasteiger partial charge is 0.489 e. The Morgan fingerprint density at radius 1 is 1.41 bits per heavy atom. The number of anilines is 1. The molecule has 0 spiro atoms. The minimum Gasteiger partial charge on any atom is -0.489 e. The van der Waals surface area contributed by atoms with Crippen LogP contribution in [-0.4, -0.2) is 48.6 Å². The summed E-state index contributed by atoms with van der Waals surface area (Å²) in [6, 6.07) is 7.12. The van der Waals surface area contributed by atoms with Gasteiger partial charge in [0.1, 0.15) is 12.4 Å². The molecule has 2 heterocycles. The van der Waals surface area contributed by atoms with Crippen LogP contribution in [-0.2, 0) is 4.74 Å². The Labute approximate surface area is 164 Å². The van der Waals surface area contributed by atoms with Gasteiger partial charge in [-0.15, -0.1) is 0 Å². The topological polar surface area (TPSA) is 77.4 Å². The van der Waals surface area contributed by atoms with Crippen molar-refractivity contribution in [3.05, 3.63) is 41.2 Å². The first-order valence-corrected chi connectivity index (χ1v) is 9.62. The van der Waals surface area contributed by atoms with E-state index in [1.54, 1.807) is 24.3 Å². The first-order valence-electron chi connectivity index (χ1n) is 9.24. The second kappa shape index (κ2) is 9.73. The van der Waals surface area contributed by atoms with E-state index < -0.39 is 0 Å². The molecule has 3 rings (SSSR count). The third-order valence-corrected chi connectivity index (χ3v) is 4.60. The Balaban J connectivity index is 1.66. The molecule has 2 N–H and O–H groups in total. The molecule has 27 heavy (non-hydrogen) atoms. The quantitative estimate of drug-likeness (QED) is 0.675. The zero-order chi connectivity index (χ0) is 19.1. The normalized spacial score (nSPS) is 16.9. The predicted molar refractivity (Wildman–Crippen MR) is 105 cm³/mol. The summed E-state index contributed by atoms with van der Waals surface area (Å²) in [6.07, 6.45) is 4.02. The van der Waals surface area contributed by atoms with E-state index in [1.807, 2.05) is 17.8 Å². The Bertz CT molecular complexity index is 759. The highest BCUT2D eigenvalue weighted by molar-refractivity contribution is 6.31. The van der Waals surface area contributed by atoms with Gasteiger partial charge in [-0.25, -0.2) is 0 Å². The molecule has 8 heteroatoms. The lowest BCUT2D eigenvalue weighted by Crippen LogP contribution is -2.32. The van der Waals surface area contributed by atoms with E-state index in [2.05, 4.69) is 15.7 Å². The van der Waals surface area contributed by atoms with Crippen LogP contribution < -0.4 is 15.4 Å². The number of hydrogen-bond acceptors (Lipinski definition) is 5. The van der Waals surface area contributed by atoms with Crippen LogP contribution in [0.3, 0.4) is 0 Å². The van der Waals surface area contributed by atoms with Crippen LogP contribution in [0.15, 0.2) is 30.5 Å². The molecule has 7 nitrogen and oxygen atoms in total. The van der Waals surface area contributed by atoms with Crippen LogP contribution >= 0.6 is 11.6 Å². The van der Waals surface area contributed by atoms with Crippen molar-refractivity contribution in [3.63, 3.8) is 0 Å². The number of piperidine rings is 1. The maximum absolute atomic E-state index is 12.6. The minimum atomic E-state index is -0.297. The Morgan fingerprint density at radius 3 is 3.07 bits per heavy atom. The molecule has 1 amide bonds. The lowest BCUT2D eigenvalue weighted by Gasteiger charge is -2.22. The van der Waals surface area contributed by atoms with Crippen LogP contribution in [0.1, 0.15) is 36.3 Å². The third kappa shape index (κ3) is 5.45. The lowest BCUT2D eigenvalue weighted by molar-refractivity contribution is 0.101. The summed E-state index contributed by atoms with van der Waals surface area (Å²) in [5.41, 5.74) is 0.874. The summed E-state index contributed by atoms with van der Waals surface area (Å²) in [5, 5.41) is 11.1. The van der Waals surface area contributed by atoms with Crippen molar-refractivity contribution in [2.45, 2.75) is 25.8 Å². The van der Waals surface area contributed by atoms with E-state index in [4.69, 9.17) is 21.1 Å². The van der Waals surface area contributed by atoms with Gasteiger partial charge in [0.05, 0.1) is 18.3 Å². The monoisotopic (exact) mass is 392 g/mol. The van der Waals surface area contributed by atoms with E-state index in [9.17, 15) is 4.79 Å². The lowest BCUT2D eigenvalue weighted by atomic mass is 10.1. The highest BCUT2D eigenvalue weighted by atomic mass is 35.5. The fraction of sp³-hybridized carbons (Fsp3) is 0.474. The van der Waals surface area contributed by atoms with Crippen LogP contribution in [0.5, 0.6) is 5.75 Å². The molecule has 0 saturated carbocycles. The molecule has 0 aliphatic carbocycles. The minimum absolute atomic E-state index is 0.281. The van der Waals surface area contributed by atoms with E-state index >= 15 is 0 Å². The number of halogens is 1. The zero-order valence-electron chi connectivity index (χ0n) is 15.4. The second-order valence-electron chi connectivity index (χ2n) is 6.32. The number of benzene rings is 1. The SMILES string of the molecule is CCOCCOc1ccc(Cl)cc1NC(=O)c1ccn(C2CCCNC2)n1. The molecule has 1 aromatic heterocycles. The highest BCUT2D eigenvalue weighted by Crippen LogP contribution is 2.28. The molecular formula is C19H25ClN4O3. The molecular weight excluding hydrogens is 368 g/mol. The Morgan fingerprint density at radius 2 is 2.30 bits per heavy atom. The number of rotatable bonds is 8. The van der Waals surface area contributed by atoms with Crippen LogP contribution in [0, 0.1) is 0 Å². The summed E-state index contributed by atoms with van der Waals surface area (Å²) in [6.45, 7) is 5.33. The van der Waals surface area contributed by atoms with E-state index in [-0.39, 0.29) is 11.9 Å². The van der Waals surface area contributed by atoms with Gasteiger partial charge in [-0.05, 0) is 50.6 Å². The molecule has 0 radical (unpaired) electrons. The van der Waals surface area contributed by atoms with Gasteiger partial charge in [0, 0.05) is 24.4 Å². The van der Waals surface area contributed by atoms with Gasteiger partial charge in [0.25, 0.3) is 5.91 Å². The van der Waals surface area contributed by atoms with Gasteiger partial charge in [-0.3, -0.25) is 9.48 Å². The maximum atomic E-state index is 12.6. The summed E-state index contributed by atoms with van der Waals surface area (Å²) in [4.78, 5) is 12.6. The second-order valence-corrected chi connectivity index (χ2v) is 6.76. The van der Waals surface area contributed by atoms with Crippen molar-refractivity contribution in [1.29, 1.82) is 0 Å². The first-order chi connectivity index (χ1) is 13.2. The number of aromatic nitrogens is 2. The number of amides is 1. The summed E-state index contributed by atoms with van der Waals surface area (Å²) in [5.74, 6) is 0.248. The maximum Gasteiger partial charge on any atom is 0.276 e. The number of carbonyl (C=O) groups excluding carboxylic acids is 1. The van der Waals surface area contributed by atoms with Crippen molar-refractivity contribution >= 4 is 23.2 Å². The summed E-state index contributed by atoms with van der Waals surface area (Å²) < 4.78 is 12.8. The number of nitrogens with zero attached hydrogens (tertiary/aromatic N) is 2. The van der Waals surface area contributed by atoms with E-state index in [0.717, 1.165) is 25.9 Å². The average Bonchev–Trinajstić information content (AvgIpc) is 3.18. The predicted octanol–water partition coefficient (Wildman–Crippen LogP) is 3.13. The summed E-state index contributed by atoms with van der Waals surface area (Å²) in [7, 11) is 0. The Hall–Kier alpha value is -2.09. The van der Waals surface area contributed by atoms with Gasteiger partial charge < -0.3 is 20.1 Å². The van der Waals surface area contributed by atoms with Crippen molar-refractivity contribution in [2.24, 2.45) is 0 Å². The van der Waals surface area contributed by atoms with Crippen molar-refractivity contribution < 1.29 is 14.3 Å². The van der Waals surface area contributed by atoms with Gasteiger partial charge >= 0.3 is 0 Å². The molecule has 1 fully saturated rings. The average molecular weight is 393 g/mol. The zero-order valence-corrected chi connectivity index (χ0v) is 16.2. The number of carbonyl (C=O) groups is 1. The van der Waals surface area contributed by atoms with Gasteiger partial charge in [-0.2, -0.15) is 5.10 Å². The van der Waals surface area contributed by atoms with Crippen molar-refractivity contribution in [1.82, 2.24) is 15.1 Å². The standard InChI is InChI=1S/C19H25ClN4O3/c1-2-26-10-11-27-18-6-5-14(20)12-17(18)22-19(25)16-7-9-24(23-16)15-4-3-8-21-13-15/h5-7,9,12,15,21H,2-4,8,10-11,13H2,1H3,(H,22,25). The molecule has 1 aliphatic rings. The molecule has 0 bridgehead atoms. The number of ether oxygens (including phenoxy) is 2. The van der Waals surface area contributed by atoms with Crippen molar-refractivity contribution in [2.75, 3.05) is 38.2 Å². The fourth-order valence-corrected chi connectivity index (χ4v) is 3.16. The molecule has 2 aromatic rings. The Kier molecular flexibility index (Phi) is 7.09. The molecule has 1 aromatic carbocycles. The number of hydrogen-bond donors (Lipinski definition) is 2. The molecule has 1 unspecified atom stereocenters. The number of nitrogens with one attached hydrogen (secondary N) is 2. The van der Waals surface area contributed by atoms with Gasteiger partial charge in [0.15, 0.2) is 5.69 Å². The van der Waals surface area contributed by atoms with Crippen LogP contribution in [0.4, 0.5) is 5.69 Å². The van der Waals surface area contributed by atoms with Gasteiger partial charge in [-0.1, -0.05) is 11.6 Å². The molecule has 1 saturated heterocycles. The summed E-state index contributed by atoms with van der Waals surface area (Å²) >= 11 is 6.08.